The van der Waals surface area contributed by atoms with Crippen molar-refractivity contribution in [1.82, 2.24) is 14.9 Å². The Labute approximate surface area is 254 Å². The number of rotatable bonds is 12. The lowest BCUT2D eigenvalue weighted by molar-refractivity contribution is -0.104. The Hall–Kier alpha value is -5.02. The van der Waals surface area contributed by atoms with Crippen LogP contribution < -0.4 is 20.7 Å². The normalized spacial score (nSPS) is 11.4. The van der Waals surface area contributed by atoms with E-state index in [2.05, 4.69) is 41.1 Å². The Kier molecular flexibility index (Phi) is 12.4. The van der Waals surface area contributed by atoms with Gasteiger partial charge in [-0.25, -0.2) is 9.97 Å². The van der Waals surface area contributed by atoms with E-state index in [1.807, 2.05) is 104 Å². The lowest BCUT2D eigenvalue weighted by Crippen LogP contribution is -2.28. The molecule has 1 atom stereocenters. The van der Waals surface area contributed by atoms with Gasteiger partial charge in [0.2, 0.25) is 0 Å². The first-order chi connectivity index (χ1) is 20.7. The number of nitrogen functional groups attached to an aromatic ring is 1. The summed E-state index contributed by atoms with van der Waals surface area (Å²) >= 11 is 0. The Bertz CT molecular complexity index is 1470. The highest BCUT2D eigenvalue weighted by atomic mass is 16.5. The van der Waals surface area contributed by atoms with Gasteiger partial charge in [0, 0.05) is 43.6 Å². The second-order valence-corrected chi connectivity index (χ2v) is 10.1. The third-order valence-electron chi connectivity index (χ3n) is 6.85. The average Bonchev–Trinajstić information content (AvgIpc) is 3.02. The molecule has 4 aromatic rings. The number of hydrogen-bond donors (Lipinski definition) is 3. The first-order valence-electron chi connectivity index (χ1n) is 14.1. The molecule has 3 aromatic carbocycles. The summed E-state index contributed by atoms with van der Waals surface area (Å²) < 4.78 is 5.84. The molecule has 1 unspecified atom stereocenters. The van der Waals surface area contributed by atoms with Gasteiger partial charge in [0.25, 0.3) is 0 Å². The fraction of sp³-hybridized carbons (Fsp3) is 0.235. The summed E-state index contributed by atoms with van der Waals surface area (Å²) in [5, 5.41) is 12.0. The number of aldehydes is 1. The standard InChI is InChI=1S/C25H24N6O.C9H17NO/c1-31(2)19-12-10-18(11-13-19)30-25-22(24(27)28-16-29-25)23(26)17-8-14-21(15-9-17)32-20-6-4-3-5-7-20;1-4-9(2)10(3)7-5-6-8-11/h3-16,26H,1-2H3,(H3,27,28,29,30);5-6,8-9H,4,7H2,1-3H3/b;6-5+. The minimum absolute atomic E-state index is 0.224. The van der Waals surface area contributed by atoms with Crippen LogP contribution in [0.2, 0.25) is 0 Å². The third-order valence-corrected chi connectivity index (χ3v) is 6.85. The molecule has 1 heterocycles. The summed E-state index contributed by atoms with van der Waals surface area (Å²) in [5.41, 5.74) is 9.42. The van der Waals surface area contributed by atoms with Gasteiger partial charge in [0.1, 0.15) is 35.7 Å². The molecule has 0 saturated carbocycles. The molecule has 0 radical (unpaired) electrons. The largest absolute Gasteiger partial charge is 0.457 e. The minimum atomic E-state index is 0.224. The van der Waals surface area contributed by atoms with E-state index in [0.29, 0.717) is 28.7 Å². The number of allylic oxidation sites excluding steroid dienone is 1. The van der Waals surface area contributed by atoms with Gasteiger partial charge in [-0.3, -0.25) is 10.2 Å². The topological polar surface area (TPSA) is 120 Å². The zero-order valence-corrected chi connectivity index (χ0v) is 25.5. The van der Waals surface area contributed by atoms with E-state index < -0.39 is 0 Å². The first-order valence-corrected chi connectivity index (χ1v) is 14.1. The van der Waals surface area contributed by atoms with E-state index in [-0.39, 0.29) is 11.5 Å². The number of carbonyl (C=O) groups is 1. The lowest BCUT2D eigenvalue weighted by Gasteiger charge is -2.21. The number of nitrogens with zero attached hydrogens (tertiary/aromatic N) is 4. The molecule has 224 valence electrons. The molecular formula is C34H41N7O2. The molecule has 4 rings (SSSR count). The van der Waals surface area contributed by atoms with Crippen LogP contribution in [0.3, 0.4) is 0 Å². The van der Waals surface area contributed by atoms with Gasteiger partial charge < -0.3 is 25.6 Å². The van der Waals surface area contributed by atoms with Crippen molar-refractivity contribution >= 4 is 35.0 Å². The van der Waals surface area contributed by atoms with Crippen molar-refractivity contribution < 1.29 is 9.53 Å². The van der Waals surface area contributed by atoms with E-state index in [1.165, 1.54) is 6.33 Å². The summed E-state index contributed by atoms with van der Waals surface area (Å²) in [6.07, 6.45) is 6.76. The molecule has 0 aliphatic carbocycles. The van der Waals surface area contributed by atoms with Gasteiger partial charge in [-0.05, 0) is 87.1 Å². The van der Waals surface area contributed by atoms with Crippen molar-refractivity contribution in [2.45, 2.75) is 26.3 Å². The van der Waals surface area contributed by atoms with Crippen LogP contribution >= 0.6 is 0 Å². The molecule has 0 amide bonds. The van der Waals surface area contributed by atoms with Crippen LogP contribution in [-0.2, 0) is 4.79 Å². The van der Waals surface area contributed by atoms with Gasteiger partial charge >= 0.3 is 0 Å². The third kappa shape index (κ3) is 9.79. The second kappa shape index (κ2) is 16.4. The van der Waals surface area contributed by atoms with Crippen LogP contribution in [-0.4, -0.2) is 60.6 Å². The van der Waals surface area contributed by atoms with Crippen molar-refractivity contribution in [3.8, 4) is 11.5 Å². The number of likely N-dealkylation sites (N-methyl/N-ethyl adjacent to an activating group) is 1. The number of hydrogen-bond acceptors (Lipinski definition) is 9. The Morgan fingerprint density at radius 1 is 0.977 bits per heavy atom. The van der Waals surface area contributed by atoms with Crippen LogP contribution in [0.1, 0.15) is 31.4 Å². The van der Waals surface area contributed by atoms with Crippen LogP contribution in [0.15, 0.2) is 97.3 Å². The van der Waals surface area contributed by atoms with Crippen LogP contribution in [0.25, 0.3) is 0 Å². The quantitative estimate of drug-likeness (QED) is 0.0982. The molecule has 0 bridgehead atoms. The van der Waals surface area contributed by atoms with Crippen LogP contribution in [0.4, 0.5) is 23.0 Å². The number of nitrogens with two attached hydrogens (primary N) is 1. The molecule has 0 fully saturated rings. The Balaban J connectivity index is 0.000000393. The summed E-state index contributed by atoms with van der Waals surface area (Å²) in [7, 11) is 6.04. The zero-order valence-electron chi connectivity index (χ0n) is 25.5. The molecule has 43 heavy (non-hydrogen) atoms. The van der Waals surface area contributed by atoms with Crippen LogP contribution in [0.5, 0.6) is 11.5 Å². The maximum absolute atomic E-state index is 9.92. The molecule has 0 spiro atoms. The van der Waals surface area contributed by atoms with Crippen molar-refractivity contribution in [1.29, 1.82) is 5.41 Å². The van der Waals surface area contributed by atoms with Gasteiger partial charge in [-0.2, -0.15) is 0 Å². The molecule has 4 N–H and O–H groups in total. The highest BCUT2D eigenvalue weighted by Gasteiger charge is 2.17. The summed E-state index contributed by atoms with van der Waals surface area (Å²) in [6, 6.07) is 25.3. The van der Waals surface area contributed by atoms with Crippen molar-refractivity contribution in [3.05, 3.63) is 108 Å². The van der Waals surface area contributed by atoms with E-state index in [1.54, 1.807) is 6.08 Å². The van der Waals surface area contributed by atoms with Crippen molar-refractivity contribution in [2.75, 3.05) is 43.6 Å². The highest BCUT2D eigenvalue weighted by molar-refractivity contribution is 6.16. The molecule has 0 saturated heterocycles. The average molecular weight is 580 g/mol. The lowest BCUT2D eigenvalue weighted by atomic mass is 10.0. The predicted octanol–water partition coefficient (Wildman–Crippen LogP) is 6.55. The fourth-order valence-electron chi connectivity index (χ4n) is 3.95. The van der Waals surface area contributed by atoms with Crippen molar-refractivity contribution in [3.63, 3.8) is 0 Å². The highest BCUT2D eigenvalue weighted by Crippen LogP contribution is 2.27. The zero-order chi connectivity index (χ0) is 31.2. The van der Waals surface area contributed by atoms with E-state index in [9.17, 15) is 4.79 Å². The maximum atomic E-state index is 9.92. The van der Waals surface area contributed by atoms with Gasteiger partial charge in [-0.1, -0.05) is 31.2 Å². The van der Waals surface area contributed by atoms with Gasteiger partial charge in [0.05, 0.1) is 11.3 Å². The molecule has 9 heteroatoms. The number of para-hydroxylation sites is 1. The summed E-state index contributed by atoms with van der Waals surface area (Å²) in [4.78, 5) is 22.6. The monoisotopic (exact) mass is 579 g/mol. The SMILES string of the molecule is CCC(C)N(C)C/C=C/C=O.CN(C)c1ccc(Nc2ncnc(N)c2C(=N)c2ccc(Oc3ccccc3)cc2)cc1. The Morgan fingerprint density at radius 3 is 2.23 bits per heavy atom. The number of anilines is 4. The summed E-state index contributed by atoms with van der Waals surface area (Å²) in [5.74, 6) is 2.15. The number of benzene rings is 3. The number of ether oxygens (including phenoxy) is 1. The predicted molar refractivity (Wildman–Crippen MR) is 177 cm³/mol. The molecule has 1 aromatic heterocycles. The Morgan fingerprint density at radius 2 is 1.63 bits per heavy atom. The number of carbonyl (C=O) groups excluding carboxylic acids is 1. The second-order valence-electron chi connectivity index (χ2n) is 10.1. The minimum Gasteiger partial charge on any atom is -0.457 e. The van der Waals surface area contributed by atoms with E-state index in [4.69, 9.17) is 15.9 Å². The number of aromatic nitrogens is 2. The fourth-order valence-corrected chi connectivity index (χ4v) is 3.95. The molecule has 9 nitrogen and oxygen atoms in total. The summed E-state index contributed by atoms with van der Waals surface area (Å²) in [6.45, 7) is 5.19. The van der Waals surface area contributed by atoms with Crippen molar-refractivity contribution in [2.24, 2.45) is 0 Å². The molecule has 0 aliphatic rings. The van der Waals surface area contributed by atoms with Crippen LogP contribution in [0, 0.1) is 5.41 Å². The number of nitrogens with one attached hydrogen (secondary N) is 2. The molecular weight excluding hydrogens is 538 g/mol. The smallest absolute Gasteiger partial charge is 0.145 e. The van der Waals surface area contributed by atoms with Gasteiger partial charge in [0.15, 0.2) is 0 Å². The van der Waals surface area contributed by atoms with E-state index in [0.717, 1.165) is 36.4 Å². The molecule has 0 aliphatic heterocycles. The van der Waals surface area contributed by atoms with E-state index >= 15 is 0 Å². The van der Waals surface area contributed by atoms with Gasteiger partial charge in [-0.15, -0.1) is 0 Å². The first kappa shape index (κ1) is 32.5. The maximum Gasteiger partial charge on any atom is 0.145 e.